The number of fused-ring (bicyclic) bond motifs is 1. The number of amides is 1. The first kappa shape index (κ1) is 30.7. The highest BCUT2D eigenvalue weighted by Crippen LogP contribution is 2.41. The molecule has 1 aliphatic rings. The Labute approximate surface area is 235 Å². The van der Waals surface area contributed by atoms with Crippen molar-refractivity contribution in [3.8, 4) is 16.9 Å². The number of nitrogens with one attached hydrogen (secondary N) is 1. The second kappa shape index (κ2) is 13.5. The van der Waals surface area contributed by atoms with Gasteiger partial charge in [-0.25, -0.2) is 0 Å². The van der Waals surface area contributed by atoms with Gasteiger partial charge in [-0.05, 0) is 60.6 Å². The number of rotatable bonds is 10. The lowest BCUT2D eigenvalue weighted by molar-refractivity contribution is -0.135. The standard InChI is InChI=1S/C29H37N3O3.C2H5NO2/c1-29(2,14-15-33)18-26-27(23-17-21(35-4)11-13-25(23)32(26)3)19-10-12-22(28(30)34)24(16-19)31-20-8-6-5-7-9-20;3-1-2(4)5/h10-13,15-17,20,31H,5-9,14,18H2,1-4H3,(H2,30,34);1,3H2,(H,4,5). The number of ether oxygens (including phenoxy) is 1. The van der Waals surface area contributed by atoms with Crippen LogP contribution in [0.2, 0.25) is 0 Å². The van der Waals surface area contributed by atoms with Crippen LogP contribution in [0.25, 0.3) is 22.0 Å². The Hall–Kier alpha value is -3.85. The van der Waals surface area contributed by atoms with Gasteiger partial charge < -0.3 is 36.0 Å². The molecule has 1 amide bonds. The highest BCUT2D eigenvalue weighted by Gasteiger charge is 2.26. The number of hydrogen-bond donors (Lipinski definition) is 4. The van der Waals surface area contributed by atoms with Gasteiger partial charge >= 0.3 is 5.97 Å². The summed E-state index contributed by atoms with van der Waals surface area (Å²) in [6.45, 7) is 3.96. The van der Waals surface area contributed by atoms with Crippen LogP contribution in [0.5, 0.6) is 5.75 Å². The van der Waals surface area contributed by atoms with Crippen LogP contribution in [0.4, 0.5) is 5.69 Å². The van der Waals surface area contributed by atoms with Crippen molar-refractivity contribution in [2.45, 2.75) is 64.8 Å². The second-order valence-electron chi connectivity index (χ2n) is 11.2. The Morgan fingerprint density at radius 3 is 2.40 bits per heavy atom. The lowest BCUT2D eigenvalue weighted by atomic mass is 9.83. The minimum absolute atomic E-state index is 0.195. The number of carbonyl (C=O) groups excluding carboxylic acids is 2. The van der Waals surface area contributed by atoms with E-state index in [-0.39, 0.29) is 12.0 Å². The molecule has 3 aromatic rings. The Balaban J connectivity index is 0.000000810. The Kier molecular flexibility index (Phi) is 10.3. The molecule has 1 saturated carbocycles. The van der Waals surface area contributed by atoms with Crippen molar-refractivity contribution in [2.75, 3.05) is 19.0 Å². The summed E-state index contributed by atoms with van der Waals surface area (Å²) in [6, 6.07) is 12.3. The molecule has 40 heavy (non-hydrogen) atoms. The van der Waals surface area contributed by atoms with Crippen LogP contribution in [-0.4, -0.2) is 47.5 Å². The van der Waals surface area contributed by atoms with Crippen molar-refractivity contribution >= 4 is 34.8 Å². The van der Waals surface area contributed by atoms with E-state index in [9.17, 15) is 14.4 Å². The van der Waals surface area contributed by atoms with Crippen molar-refractivity contribution in [2.24, 2.45) is 23.9 Å². The number of hydrogen-bond acceptors (Lipinski definition) is 6. The fraction of sp³-hybridized carbons (Fsp3) is 0.452. The summed E-state index contributed by atoms with van der Waals surface area (Å²) in [5.74, 6) is -0.607. The van der Waals surface area contributed by atoms with Crippen LogP contribution in [0.1, 0.15) is 68.4 Å². The first-order valence-electron chi connectivity index (χ1n) is 13.7. The maximum atomic E-state index is 12.3. The molecular formula is C31H42N4O5. The second-order valence-corrected chi connectivity index (χ2v) is 11.2. The first-order chi connectivity index (χ1) is 19.0. The average molecular weight is 551 g/mol. The molecule has 4 rings (SSSR count). The van der Waals surface area contributed by atoms with Crippen LogP contribution >= 0.6 is 0 Å². The molecule has 1 aliphatic carbocycles. The number of anilines is 1. The van der Waals surface area contributed by atoms with Crippen LogP contribution in [0.15, 0.2) is 36.4 Å². The monoisotopic (exact) mass is 550 g/mol. The van der Waals surface area contributed by atoms with Gasteiger partial charge in [-0.3, -0.25) is 9.59 Å². The summed E-state index contributed by atoms with van der Waals surface area (Å²) in [5.41, 5.74) is 15.8. The summed E-state index contributed by atoms with van der Waals surface area (Å²) in [5, 5.41) is 12.3. The number of nitrogens with two attached hydrogens (primary N) is 2. The van der Waals surface area contributed by atoms with E-state index in [1.807, 2.05) is 18.2 Å². The quantitative estimate of drug-likeness (QED) is 0.263. The number of carboxylic acids is 1. The fourth-order valence-electron chi connectivity index (χ4n) is 5.38. The van der Waals surface area contributed by atoms with E-state index in [2.05, 4.69) is 54.7 Å². The van der Waals surface area contributed by atoms with E-state index in [1.165, 1.54) is 19.3 Å². The molecule has 216 valence electrons. The molecular weight excluding hydrogens is 508 g/mol. The van der Waals surface area contributed by atoms with Crippen LogP contribution in [0, 0.1) is 5.41 Å². The maximum Gasteiger partial charge on any atom is 0.317 e. The summed E-state index contributed by atoms with van der Waals surface area (Å²) >= 11 is 0. The number of aliphatic carboxylic acids is 1. The van der Waals surface area contributed by atoms with E-state index in [1.54, 1.807) is 7.11 Å². The van der Waals surface area contributed by atoms with Gasteiger partial charge in [0.15, 0.2) is 0 Å². The number of aromatic nitrogens is 1. The van der Waals surface area contributed by atoms with Gasteiger partial charge in [0.1, 0.15) is 12.0 Å². The largest absolute Gasteiger partial charge is 0.497 e. The minimum Gasteiger partial charge on any atom is -0.497 e. The zero-order valence-corrected chi connectivity index (χ0v) is 24.0. The zero-order valence-electron chi connectivity index (χ0n) is 24.0. The normalized spacial score (nSPS) is 13.8. The molecule has 0 atom stereocenters. The van der Waals surface area contributed by atoms with E-state index in [0.29, 0.717) is 18.0 Å². The number of benzene rings is 2. The van der Waals surface area contributed by atoms with Crippen LogP contribution in [-0.2, 0) is 23.1 Å². The summed E-state index contributed by atoms with van der Waals surface area (Å²) in [6.07, 6.45) is 8.06. The molecule has 0 spiro atoms. The number of nitrogens with zero attached hydrogens (tertiary/aromatic N) is 1. The SMILES string of the molecule is COc1ccc2c(c1)c(-c1ccc(C(N)=O)c(NC3CCCCC3)c1)c(CC(C)(C)CC=O)n2C.NCC(=O)O. The van der Waals surface area contributed by atoms with Crippen LogP contribution in [0.3, 0.4) is 0 Å². The maximum absolute atomic E-state index is 12.3. The third-order valence-electron chi connectivity index (χ3n) is 7.52. The van der Waals surface area contributed by atoms with Gasteiger partial charge in [-0.1, -0.05) is 39.2 Å². The van der Waals surface area contributed by atoms with Gasteiger partial charge in [0, 0.05) is 47.4 Å². The number of methoxy groups -OCH3 is 1. The fourth-order valence-corrected chi connectivity index (χ4v) is 5.38. The summed E-state index contributed by atoms with van der Waals surface area (Å²) in [7, 11) is 3.75. The molecule has 0 bridgehead atoms. The van der Waals surface area contributed by atoms with Crippen molar-refractivity contribution in [1.82, 2.24) is 4.57 Å². The Bertz CT molecular complexity index is 1360. The lowest BCUT2D eigenvalue weighted by Gasteiger charge is -2.26. The predicted molar refractivity (Wildman–Crippen MR) is 159 cm³/mol. The molecule has 0 aliphatic heterocycles. The number of primary amides is 1. The third-order valence-corrected chi connectivity index (χ3v) is 7.52. The van der Waals surface area contributed by atoms with Crippen molar-refractivity contribution in [3.05, 3.63) is 47.7 Å². The van der Waals surface area contributed by atoms with E-state index in [4.69, 9.17) is 15.6 Å². The molecule has 1 heterocycles. The molecule has 9 nitrogen and oxygen atoms in total. The Morgan fingerprint density at radius 1 is 1.15 bits per heavy atom. The molecule has 0 radical (unpaired) electrons. The molecule has 0 saturated heterocycles. The van der Waals surface area contributed by atoms with Crippen molar-refractivity contribution in [1.29, 1.82) is 0 Å². The number of aldehydes is 1. The topological polar surface area (TPSA) is 150 Å². The van der Waals surface area contributed by atoms with Crippen molar-refractivity contribution in [3.63, 3.8) is 0 Å². The predicted octanol–water partition coefficient (Wildman–Crippen LogP) is 4.88. The summed E-state index contributed by atoms with van der Waals surface area (Å²) < 4.78 is 7.76. The smallest absolute Gasteiger partial charge is 0.317 e. The number of carboxylic acid groups (broad SMARTS) is 1. The number of aryl methyl sites for hydroxylation is 1. The highest BCUT2D eigenvalue weighted by molar-refractivity contribution is 6.03. The average Bonchev–Trinajstić information content (AvgIpc) is 3.19. The summed E-state index contributed by atoms with van der Waals surface area (Å²) in [4.78, 5) is 32.9. The third kappa shape index (κ3) is 7.41. The van der Waals surface area contributed by atoms with Gasteiger partial charge in [-0.2, -0.15) is 0 Å². The molecule has 1 fully saturated rings. The van der Waals surface area contributed by atoms with Gasteiger partial charge in [0.2, 0.25) is 0 Å². The Morgan fingerprint density at radius 2 is 1.82 bits per heavy atom. The van der Waals surface area contributed by atoms with Gasteiger partial charge in [0.25, 0.3) is 5.91 Å². The molecule has 0 unspecified atom stereocenters. The molecule has 1 aromatic heterocycles. The van der Waals surface area contributed by atoms with Crippen LogP contribution < -0.4 is 21.5 Å². The molecule has 9 heteroatoms. The van der Waals surface area contributed by atoms with Crippen molar-refractivity contribution < 1.29 is 24.2 Å². The minimum atomic E-state index is -0.968. The number of carbonyl (C=O) groups is 3. The highest BCUT2D eigenvalue weighted by atomic mass is 16.5. The zero-order chi connectivity index (χ0) is 29.4. The first-order valence-corrected chi connectivity index (χ1v) is 13.7. The van der Waals surface area contributed by atoms with Gasteiger partial charge in [-0.15, -0.1) is 0 Å². The van der Waals surface area contributed by atoms with E-state index in [0.717, 1.165) is 64.7 Å². The molecule has 6 N–H and O–H groups in total. The molecule has 2 aromatic carbocycles. The lowest BCUT2D eigenvalue weighted by Crippen LogP contribution is -2.24. The van der Waals surface area contributed by atoms with E-state index >= 15 is 0 Å². The van der Waals surface area contributed by atoms with Gasteiger partial charge in [0.05, 0.1) is 19.2 Å². The van der Waals surface area contributed by atoms with E-state index < -0.39 is 11.9 Å².